The molecule has 0 saturated carbocycles. The molecule has 196 valence electrons. The first-order chi connectivity index (χ1) is 18.3. The van der Waals surface area contributed by atoms with Gasteiger partial charge in [0, 0.05) is 56.3 Å². The number of fused-ring (bicyclic) bond motifs is 2. The molecular weight excluding hydrogens is 494 g/mol. The molecule has 3 aromatic rings. The minimum atomic E-state index is -3.76. The van der Waals surface area contributed by atoms with Gasteiger partial charge in [0.15, 0.2) is 11.5 Å². The Labute approximate surface area is 217 Å². The molecule has 0 radical (unpaired) electrons. The fraction of sp³-hybridized carbons (Fsp3) is 0.370. The molecule has 38 heavy (non-hydrogen) atoms. The normalized spacial score (nSPS) is 19.2. The number of carbonyl (C=O) groups is 1. The molecule has 6 rings (SSSR count). The van der Waals surface area contributed by atoms with Crippen LogP contribution < -0.4 is 15.2 Å². The predicted molar refractivity (Wildman–Crippen MR) is 136 cm³/mol. The summed E-state index contributed by atoms with van der Waals surface area (Å²) in [6.45, 7) is 6.69. The molecule has 0 aliphatic carbocycles. The molecule has 2 N–H and O–H groups in total. The van der Waals surface area contributed by atoms with Gasteiger partial charge in [0.05, 0.1) is 5.39 Å². The highest BCUT2D eigenvalue weighted by Gasteiger charge is 2.45. The number of piperidine rings is 1. The number of nitrogens with zero attached hydrogens (tertiary/aromatic N) is 5. The van der Waals surface area contributed by atoms with E-state index in [1.165, 1.54) is 18.5 Å². The summed E-state index contributed by atoms with van der Waals surface area (Å²) in [5, 5.41) is 0.516. The second kappa shape index (κ2) is 8.99. The van der Waals surface area contributed by atoms with Crippen LogP contribution >= 0.6 is 0 Å². The zero-order valence-corrected chi connectivity index (χ0v) is 20.8. The number of rotatable bonds is 3. The lowest BCUT2D eigenvalue weighted by atomic mass is 9.93. The van der Waals surface area contributed by atoms with Crippen molar-refractivity contribution in [2.75, 3.05) is 31.9 Å². The number of aryl methyl sites for hydroxylation is 1. The summed E-state index contributed by atoms with van der Waals surface area (Å²) in [5.74, 6) is 6.85. The fourth-order valence-electron chi connectivity index (χ4n) is 5.50. The summed E-state index contributed by atoms with van der Waals surface area (Å²) in [6, 6.07) is 5.14. The lowest BCUT2D eigenvalue weighted by Gasteiger charge is -2.45. The second-order valence-corrected chi connectivity index (χ2v) is 9.72. The largest absolute Gasteiger partial charge is 0.586 e. The van der Waals surface area contributed by atoms with E-state index in [-0.39, 0.29) is 29.1 Å². The van der Waals surface area contributed by atoms with Crippen molar-refractivity contribution in [3.63, 3.8) is 0 Å². The standard InChI is InChI=1S/C27H26F2N6O3/c1-3-21(36)34-11-9-17(10-12-34)35-13-16(14-35)7-8-19-22(23-25(30)31-15-32-26(23)33(19)2)18-5-4-6-20-24(18)38-27(28,29)37-20/h3-6,15-17H,1,9-14H2,2H3,(H2,30,31,32). The molecule has 0 spiro atoms. The van der Waals surface area contributed by atoms with E-state index in [2.05, 4.69) is 38.0 Å². The molecule has 2 saturated heterocycles. The quantitative estimate of drug-likeness (QED) is 0.419. The predicted octanol–water partition coefficient (Wildman–Crippen LogP) is 3.00. The van der Waals surface area contributed by atoms with Gasteiger partial charge >= 0.3 is 6.29 Å². The lowest BCUT2D eigenvalue weighted by molar-refractivity contribution is -0.286. The highest BCUT2D eigenvalue weighted by molar-refractivity contribution is 6.05. The van der Waals surface area contributed by atoms with Gasteiger partial charge < -0.3 is 24.7 Å². The minimum absolute atomic E-state index is 0.0170. The van der Waals surface area contributed by atoms with Crippen LogP contribution in [-0.2, 0) is 11.8 Å². The SMILES string of the molecule is C=CC(=O)N1CCC(N2CC(C#Cc3c(-c4cccc5c4OC(F)(F)O5)c4c(N)ncnc4n3C)C2)CC1. The van der Waals surface area contributed by atoms with Crippen LogP contribution in [0.4, 0.5) is 14.6 Å². The maximum absolute atomic E-state index is 14.0. The number of nitrogen functional groups attached to an aromatic ring is 1. The summed E-state index contributed by atoms with van der Waals surface area (Å²) in [7, 11) is 1.81. The van der Waals surface area contributed by atoms with Gasteiger partial charge in [0.1, 0.15) is 23.5 Å². The van der Waals surface area contributed by atoms with E-state index in [0.717, 1.165) is 39.0 Å². The summed E-state index contributed by atoms with van der Waals surface area (Å²) in [6.07, 6.45) is 0.819. The number of carbonyl (C=O) groups excluding carboxylic acids is 1. The van der Waals surface area contributed by atoms with Crippen molar-refractivity contribution in [1.82, 2.24) is 24.3 Å². The van der Waals surface area contributed by atoms with Crippen molar-refractivity contribution in [1.29, 1.82) is 0 Å². The van der Waals surface area contributed by atoms with Crippen LogP contribution in [-0.4, -0.2) is 68.8 Å². The Bertz CT molecular complexity index is 1510. The summed E-state index contributed by atoms with van der Waals surface area (Å²) in [4.78, 5) is 24.6. The highest BCUT2D eigenvalue weighted by Crippen LogP contribution is 2.49. The van der Waals surface area contributed by atoms with Gasteiger partial charge in [-0.25, -0.2) is 9.97 Å². The van der Waals surface area contributed by atoms with Gasteiger partial charge in [-0.15, -0.1) is 8.78 Å². The maximum Gasteiger partial charge on any atom is 0.586 e. The smallest absolute Gasteiger partial charge is 0.395 e. The molecule has 0 unspecified atom stereocenters. The Hall–Kier alpha value is -4.17. The zero-order valence-electron chi connectivity index (χ0n) is 20.8. The Morgan fingerprint density at radius 1 is 1.24 bits per heavy atom. The highest BCUT2D eigenvalue weighted by atomic mass is 19.3. The van der Waals surface area contributed by atoms with Crippen LogP contribution in [0.5, 0.6) is 11.5 Å². The average molecular weight is 521 g/mol. The van der Waals surface area contributed by atoms with Gasteiger partial charge in [0.25, 0.3) is 0 Å². The topological polar surface area (TPSA) is 98.7 Å². The van der Waals surface area contributed by atoms with Crippen molar-refractivity contribution < 1.29 is 23.0 Å². The van der Waals surface area contributed by atoms with E-state index in [4.69, 9.17) is 10.5 Å². The zero-order chi connectivity index (χ0) is 26.6. The van der Waals surface area contributed by atoms with Crippen molar-refractivity contribution in [3.05, 3.63) is 42.9 Å². The second-order valence-electron chi connectivity index (χ2n) is 9.72. The number of aromatic nitrogens is 3. The Morgan fingerprint density at radius 3 is 2.74 bits per heavy atom. The lowest BCUT2D eigenvalue weighted by Crippen LogP contribution is -2.55. The summed E-state index contributed by atoms with van der Waals surface area (Å²) >= 11 is 0. The number of alkyl halides is 2. The molecule has 5 heterocycles. The number of hydrogen-bond acceptors (Lipinski definition) is 7. The Balaban J connectivity index is 1.28. The molecule has 1 amide bonds. The van der Waals surface area contributed by atoms with E-state index < -0.39 is 6.29 Å². The summed E-state index contributed by atoms with van der Waals surface area (Å²) < 4.78 is 39.2. The van der Waals surface area contributed by atoms with Crippen molar-refractivity contribution >= 4 is 22.8 Å². The number of amides is 1. The monoisotopic (exact) mass is 520 g/mol. The van der Waals surface area contributed by atoms with E-state index >= 15 is 0 Å². The number of ether oxygens (including phenoxy) is 2. The van der Waals surface area contributed by atoms with E-state index in [1.54, 1.807) is 16.7 Å². The average Bonchev–Trinajstić information content (AvgIpc) is 3.35. The van der Waals surface area contributed by atoms with Gasteiger partial charge in [-0.05, 0) is 30.9 Å². The summed E-state index contributed by atoms with van der Waals surface area (Å²) in [5.41, 5.74) is 8.26. The molecule has 1 aromatic carbocycles. The third-order valence-electron chi connectivity index (χ3n) is 7.47. The van der Waals surface area contributed by atoms with Gasteiger partial charge in [0.2, 0.25) is 5.91 Å². The van der Waals surface area contributed by atoms with Crippen LogP contribution in [0.2, 0.25) is 0 Å². The van der Waals surface area contributed by atoms with Crippen molar-refractivity contribution in [3.8, 4) is 34.5 Å². The number of anilines is 1. The molecule has 9 nitrogen and oxygen atoms in total. The molecule has 2 aromatic heterocycles. The number of benzene rings is 1. The van der Waals surface area contributed by atoms with Gasteiger partial charge in [-0.3, -0.25) is 9.69 Å². The molecule has 2 fully saturated rings. The minimum Gasteiger partial charge on any atom is -0.395 e. The number of nitrogens with two attached hydrogens (primary N) is 1. The van der Waals surface area contributed by atoms with E-state index in [1.807, 2.05) is 11.9 Å². The Morgan fingerprint density at radius 2 is 2.00 bits per heavy atom. The third kappa shape index (κ3) is 4.01. The van der Waals surface area contributed by atoms with Crippen LogP contribution in [0.1, 0.15) is 18.5 Å². The van der Waals surface area contributed by atoms with Gasteiger partial charge in [-0.1, -0.05) is 24.6 Å². The molecule has 0 atom stereocenters. The molecule has 3 aliphatic heterocycles. The third-order valence-corrected chi connectivity index (χ3v) is 7.47. The van der Waals surface area contributed by atoms with Gasteiger partial charge in [-0.2, -0.15) is 0 Å². The number of hydrogen-bond donors (Lipinski definition) is 1. The number of para-hydroxylation sites is 1. The van der Waals surface area contributed by atoms with Crippen LogP contribution in [0.25, 0.3) is 22.2 Å². The maximum atomic E-state index is 14.0. The Kier molecular flexibility index (Phi) is 5.72. The first kappa shape index (κ1) is 24.2. The molecule has 11 heteroatoms. The van der Waals surface area contributed by atoms with Crippen LogP contribution in [0.3, 0.4) is 0 Å². The number of likely N-dealkylation sites (tertiary alicyclic amines) is 2. The number of halogens is 2. The van der Waals surface area contributed by atoms with Crippen molar-refractivity contribution in [2.24, 2.45) is 13.0 Å². The molecule has 0 bridgehead atoms. The first-order valence-corrected chi connectivity index (χ1v) is 12.4. The van der Waals surface area contributed by atoms with E-state index in [0.29, 0.717) is 33.9 Å². The molecular formula is C27H26F2N6O3. The molecule has 3 aliphatic rings. The van der Waals surface area contributed by atoms with Crippen LogP contribution in [0.15, 0.2) is 37.2 Å². The fourth-order valence-corrected chi connectivity index (χ4v) is 5.50. The first-order valence-electron chi connectivity index (χ1n) is 12.4. The van der Waals surface area contributed by atoms with Crippen LogP contribution in [0, 0.1) is 17.8 Å². The van der Waals surface area contributed by atoms with E-state index in [9.17, 15) is 13.6 Å². The van der Waals surface area contributed by atoms with Crippen molar-refractivity contribution in [2.45, 2.75) is 25.2 Å².